The Bertz CT molecular complexity index is 1310. The van der Waals surface area contributed by atoms with Crippen molar-refractivity contribution < 1.29 is 24.2 Å². The minimum absolute atomic E-state index is 0.168. The van der Waals surface area contributed by atoms with Crippen molar-refractivity contribution in [3.8, 4) is 17.4 Å². The number of imidazole rings is 1. The van der Waals surface area contributed by atoms with Crippen LogP contribution in [0.5, 0.6) is 0 Å². The summed E-state index contributed by atoms with van der Waals surface area (Å²) in [6, 6.07) is 16.4. The fourth-order valence-corrected chi connectivity index (χ4v) is 2.98. The van der Waals surface area contributed by atoms with Gasteiger partial charge in [0.05, 0.1) is 27.7 Å². The number of hydrogen-bond donors (Lipinski definition) is 3. The summed E-state index contributed by atoms with van der Waals surface area (Å²) in [5, 5.41) is 28.0. The summed E-state index contributed by atoms with van der Waals surface area (Å²) in [6.07, 6.45) is 1.50. The van der Waals surface area contributed by atoms with Gasteiger partial charge in [-0.25, -0.2) is 14.6 Å². The first kappa shape index (κ1) is 18.7. The van der Waals surface area contributed by atoms with Crippen LogP contribution in [0.2, 0.25) is 0 Å². The largest absolute Gasteiger partial charge is 0.478 e. The van der Waals surface area contributed by atoms with Gasteiger partial charge >= 0.3 is 11.9 Å². The molecule has 0 aliphatic heterocycles. The molecule has 2 aromatic carbocycles. The molecule has 0 radical (unpaired) electrons. The molecule has 0 aliphatic carbocycles. The van der Waals surface area contributed by atoms with Crippen LogP contribution >= 0.6 is 0 Å². The second kappa shape index (κ2) is 7.41. The number of aromatic amines is 1. The number of furan rings is 1. The van der Waals surface area contributed by atoms with Crippen molar-refractivity contribution in [3.05, 3.63) is 77.3 Å². The number of nitrogens with zero attached hydrogens (tertiary/aromatic N) is 2. The number of carbonyl (C=O) groups is 2. The highest BCUT2D eigenvalue weighted by molar-refractivity contribution is 5.96. The van der Waals surface area contributed by atoms with E-state index < -0.39 is 11.9 Å². The van der Waals surface area contributed by atoms with E-state index in [1.807, 2.05) is 24.3 Å². The smallest absolute Gasteiger partial charge is 0.335 e. The van der Waals surface area contributed by atoms with Crippen LogP contribution < -0.4 is 0 Å². The zero-order chi connectivity index (χ0) is 21.3. The Balaban J connectivity index is 1.72. The van der Waals surface area contributed by atoms with Gasteiger partial charge < -0.3 is 19.6 Å². The quantitative estimate of drug-likeness (QED) is 0.425. The first-order chi connectivity index (χ1) is 14.4. The average Bonchev–Trinajstić information content (AvgIpc) is 3.38. The first-order valence-electron chi connectivity index (χ1n) is 8.73. The molecular weight excluding hydrogens is 386 g/mol. The minimum Gasteiger partial charge on any atom is -0.478 e. The number of nitrogens with one attached hydrogen (secondary N) is 1. The molecule has 30 heavy (non-hydrogen) atoms. The molecule has 2 aromatic heterocycles. The van der Waals surface area contributed by atoms with Gasteiger partial charge in [0.2, 0.25) is 0 Å². The highest BCUT2D eigenvalue weighted by Crippen LogP contribution is 2.27. The third kappa shape index (κ3) is 3.55. The number of H-pyrrole nitrogens is 1. The van der Waals surface area contributed by atoms with Gasteiger partial charge in [-0.15, -0.1) is 0 Å². The van der Waals surface area contributed by atoms with Crippen LogP contribution in [0.1, 0.15) is 32.3 Å². The summed E-state index contributed by atoms with van der Waals surface area (Å²) in [7, 11) is 0. The molecule has 0 amide bonds. The number of aromatic nitrogens is 2. The Labute approximate surface area is 169 Å². The van der Waals surface area contributed by atoms with E-state index >= 15 is 0 Å². The zero-order valence-corrected chi connectivity index (χ0v) is 15.3. The Morgan fingerprint density at radius 3 is 2.37 bits per heavy atom. The number of benzene rings is 2. The van der Waals surface area contributed by atoms with Crippen LogP contribution in [0.4, 0.5) is 0 Å². The standard InChI is InChI=1S/C22H13N3O5/c23-11-15(20-24-17-3-1-2-4-18(17)25-20)10-16-5-6-19(30-16)12-7-13(21(26)27)9-14(8-12)22(28)29/h1-10H,(H,24,25)(H,26,27)(H,28,29)/b15-10+. The molecule has 0 bridgehead atoms. The van der Waals surface area contributed by atoms with Crippen LogP contribution in [0.3, 0.4) is 0 Å². The van der Waals surface area contributed by atoms with E-state index in [0.29, 0.717) is 17.1 Å². The second-order valence-corrected chi connectivity index (χ2v) is 6.38. The average molecular weight is 399 g/mol. The molecule has 0 atom stereocenters. The molecule has 4 aromatic rings. The Kier molecular flexibility index (Phi) is 4.62. The lowest BCUT2D eigenvalue weighted by molar-refractivity contribution is 0.0696. The minimum atomic E-state index is -1.25. The molecule has 3 N–H and O–H groups in total. The number of carboxylic acids is 2. The van der Waals surface area contributed by atoms with E-state index in [-0.39, 0.29) is 22.5 Å². The number of hydrogen-bond acceptors (Lipinski definition) is 5. The van der Waals surface area contributed by atoms with E-state index in [1.54, 1.807) is 12.1 Å². The molecular formula is C22H13N3O5. The zero-order valence-electron chi connectivity index (χ0n) is 15.3. The number of rotatable bonds is 5. The van der Waals surface area contributed by atoms with E-state index in [2.05, 4.69) is 16.0 Å². The molecule has 0 saturated carbocycles. The van der Waals surface area contributed by atoms with Gasteiger partial charge in [0.15, 0.2) is 0 Å². The molecule has 4 rings (SSSR count). The maximum Gasteiger partial charge on any atom is 0.335 e. The molecule has 146 valence electrons. The van der Waals surface area contributed by atoms with E-state index in [1.165, 1.54) is 18.2 Å². The maximum atomic E-state index is 11.3. The molecule has 0 unspecified atom stereocenters. The van der Waals surface area contributed by atoms with Crippen molar-refractivity contribution in [1.29, 1.82) is 5.26 Å². The van der Waals surface area contributed by atoms with E-state index in [9.17, 15) is 25.1 Å². The fourth-order valence-electron chi connectivity index (χ4n) is 2.98. The van der Waals surface area contributed by atoms with Gasteiger partial charge in [0, 0.05) is 11.6 Å². The van der Waals surface area contributed by atoms with Crippen LogP contribution in [-0.2, 0) is 0 Å². The number of allylic oxidation sites excluding steroid dienone is 1. The van der Waals surface area contributed by atoms with Crippen molar-refractivity contribution in [2.75, 3.05) is 0 Å². The van der Waals surface area contributed by atoms with Crippen LogP contribution in [0, 0.1) is 11.3 Å². The maximum absolute atomic E-state index is 11.3. The molecule has 0 spiro atoms. The van der Waals surface area contributed by atoms with E-state index in [0.717, 1.165) is 17.1 Å². The van der Waals surface area contributed by atoms with Crippen molar-refractivity contribution in [3.63, 3.8) is 0 Å². The number of aromatic carboxylic acids is 2. The monoisotopic (exact) mass is 399 g/mol. The van der Waals surface area contributed by atoms with Gasteiger partial charge in [-0.1, -0.05) is 12.1 Å². The summed E-state index contributed by atoms with van der Waals surface area (Å²) in [4.78, 5) is 30.1. The number of fused-ring (bicyclic) bond motifs is 1. The van der Waals surface area contributed by atoms with Crippen molar-refractivity contribution >= 4 is 34.6 Å². The van der Waals surface area contributed by atoms with Crippen LogP contribution in [-0.4, -0.2) is 32.1 Å². The lowest BCUT2D eigenvalue weighted by Gasteiger charge is -2.03. The number of nitriles is 1. The first-order valence-corrected chi connectivity index (χ1v) is 8.73. The van der Waals surface area contributed by atoms with Crippen molar-refractivity contribution in [1.82, 2.24) is 9.97 Å². The van der Waals surface area contributed by atoms with Crippen LogP contribution in [0.15, 0.2) is 59.0 Å². The lowest BCUT2D eigenvalue weighted by Crippen LogP contribution is -2.02. The Morgan fingerprint density at radius 1 is 1.03 bits per heavy atom. The van der Waals surface area contributed by atoms with Gasteiger partial charge in [0.1, 0.15) is 23.4 Å². The van der Waals surface area contributed by atoms with Gasteiger partial charge in [-0.3, -0.25) is 0 Å². The number of para-hydroxylation sites is 2. The highest BCUT2D eigenvalue weighted by Gasteiger charge is 2.15. The molecule has 2 heterocycles. The van der Waals surface area contributed by atoms with Gasteiger partial charge in [0.25, 0.3) is 0 Å². The summed E-state index contributed by atoms with van der Waals surface area (Å²) in [6.45, 7) is 0. The highest BCUT2D eigenvalue weighted by atomic mass is 16.4. The Hall–Kier alpha value is -4.64. The Morgan fingerprint density at radius 2 is 1.73 bits per heavy atom. The molecule has 0 aliphatic rings. The third-order valence-electron chi connectivity index (χ3n) is 4.39. The van der Waals surface area contributed by atoms with Gasteiger partial charge in [-0.2, -0.15) is 5.26 Å². The molecule has 8 nitrogen and oxygen atoms in total. The number of carboxylic acid groups (broad SMARTS) is 2. The SMILES string of the molecule is N#C/C(=C\c1ccc(-c2cc(C(=O)O)cc(C(=O)O)c2)o1)c1nc2ccccc2[nH]1. The molecule has 0 saturated heterocycles. The van der Waals surface area contributed by atoms with Crippen molar-refractivity contribution in [2.24, 2.45) is 0 Å². The van der Waals surface area contributed by atoms with Crippen LogP contribution in [0.25, 0.3) is 34.0 Å². The lowest BCUT2D eigenvalue weighted by atomic mass is 10.0. The fraction of sp³-hybridized carbons (Fsp3) is 0. The molecule has 8 heteroatoms. The summed E-state index contributed by atoms with van der Waals surface area (Å²) in [5.74, 6) is -1.50. The summed E-state index contributed by atoms with van der Waals surface area (Å²) >= 11 is 0. The second-order valence-electron chi connectivity index (χ2n) is 6.38. The van der Waals surface area contributed by atoms with Crippen molar-refractivity contribution in [2.45, 2.75) is 0 Å². The normalized spacial score (nSPS) is 11.4. The third-order valence-corrected chi connectivity index (χ3v) is 4.39. The molecule has 0 fully saturated rings. The summed E-state index contributed by atoms with van der Waals surface area (Å²) in [5.41, 5.74) is 1.73. The summed E-state index contributed by atoms with van der Waals surface area (Å²) < 4.78 is 5.71. The topological polar surface area (TPSA) is 140 Å². The predicted octanol–water partition coefficient (Wildman–Crippen LogP) is 4.28. The van der Waals surface area contributed by atoms with Gasteiger partial charge in [-0.05, 0) is 42.5 Å². The predicted molar refractivity (Wildman–Crippen MR) is 108 cm³/mol. The van der Waals surface area contributed by atoms with E-state index in [4.69, 9.17) is 4.42 Å².